The Morgan fingerprint density at radius 1 is 1.53 bits per heavy atom. The zero-order chi connectivity index (χ0) is 11.0. The third-order valence-electron chi connectivity index (χ3n) is 2.97. The Kier molecular flexibility index (Phi) is 2.65. The van der Waals surface area contributed by atoms with Crippen molar-refractivity contribution in [2.75, 3.05) is 6.61 Å². The average Bonchev–Trinajstić information content (AvgIpc) is 2.17. The molecule has 1 aliphatic rings. The van der Waals surface area contributed by atoms with Crippen LogP contribution in [0.2, 0.25) is 0 Å². The van der Waals surface area contributed by atoms with Gasteiger partial charge in [0.2, 0.25) is 5.88 Å². The molecule has 82 valence electrons. The molecule has 2 rings (SSSR count). The topological polar surface area (TPSA) is 42.4 Å². The molecule has 1 aromatic rings. The van der Waals surface area contributed by atoms with Gasteiger partial charge in [0.15, 0.2) is 0 Å². The molecule has 0 saturated carbocycles. The molecule has 1 unspecified atom stereocenters. The highest BCUT2D eigenvalue weighted by atomic mass is 16.5. The minimum absolute atomic E-state index is 0.417. The number of aliphatic hydroxyl groups is 1. The summed E-state index contributed by atoms with van der Waals surface area (Å²) >= 11 is 0. The van der Waals surface area contributed by atoms with Crippen LogP contribution < -0.4 is 4.74 Å². The van der Waals surface area contributed by atoms with Crippen LogP contribution in [0.3, 0.4) is 0 Å². The Morgan fingerprint density at radius 2 is 2.27 bits per heavy atom. The number of hydrogen-bond donors (Lipinski definition) is 1. The molecule has 0 aromatic carbocycles. The maximum absolute atomic E-state index is 9.93. The molecule has 0 radical (unpaired) electrons. The van der Waals surface area contributed by atoms with Gasteiger partial charge in [-0.05, 0) is 24.0 Å². The molecule has 15 heavy (non-hydrogen) atoms. The Morgan fingerprint density at radius 3 is 2.93 bits per heavy atom. The maximum Gasteiger partial charge on any atom is 0.219 e. The third-order valence-corrected chi connectivity index (χ3v) is 2.97. The van der Waals surface area contributed by atoms with E-state index >= 15 is 0 Å². The van der Waals surface area contributed by atoms with Gasteiger partial charge in [-0.3, -0.25) is 0 Å². The van der Waals surface area contributed by atoms with Crippen LogP contribution in [0, 0.1) is 6.92 Å². The second-order valence-electron chi connectivity index (χ2n) is 4.37. The summed E-state index contributed by atoms with van der Waals surface area (Å²) in [5, 5.41) is 9.93. The molecule has 0 spiro atoms. The lowest BCUT2D eigenvalue weighted by Gasteiger charge is -2.25. The minimum atomic E-state index is -0.417. The van der Waals surface area contributed by atoms with Crippen molar-refractivity contribution in [1.29, 1.82) is 0 Å². The lowest BCUT2D eigenvalue weighted by atomic mass is 9.93. The fourth-order valence-corrected chi connectivity index (χ4v) is 2.11. The van der Waals surface area contributed by atoms with Crippen molar-refractivity contribution in [2.45, 2.75) is 39.2 Å². The lowest BCUT2D eigenvalue weighted by Crippen LogP contribution is -2.17. The largest absolute Gasteiger partial charge is 0.477 e. The summed E-state index contributed by atoms with van der Waals surface area (Å²) in [7, 11) is 0. The van der Waals surface area contributed by atoms with Crippen molar-refractivity contribution in [3.63, 3.8) is 0 Å². The molecule has 0 saturated heterocycles. The van der Waals surface area contributed by atoms with Crippen LogP contribution in [0.25, 0.3) is 0 Å². The first-order valence-electron chi connectivity index (χ1n) is 5.41. The van der Waals surface area contributed by atoms with Gasteiger partial charge in [0.25, 0.3) is 0 Å². The van der Waals surface area contributed by atoms with Crippen molar-refractivity contribution in [3.05, 3.63) is 22.9 Å². The number of aliphatic hydroxyl groups excluding tert-OH is 1. The van der Waals surface area contributed by atoms with Crippen LogP contribution >= 0.6 is 0 Å². The van der Waals surface area contributed by atoms with Crippen LogP contribution in [0.15, 0.2) is 6.20 Å². The van der Waals surface area contributed by atoms with Crippen LogP contribution in [-0.4, -0.2) is 16.7 Å². The number of hydrogen-bond acceptors (Lipinski definition) is 3. The second-order valence-corrected chi connectivity index (χ2v) is 4.37. The van der Waals surface area contributed by atoms with Crippen molar-refractivity contribution in [3.8, 4) is 5.88 Å². The summed E-state index contributed by atoms with van der Waals surface area (Å²) in [6.07, 6.45) is 2.11. The monoisotopic (exact) mass is 207 g/mol. The highest BCUT2D eigenvalue weighted by molar-refractivity contribution is 5.42. The van der Waals surface area contributed by atoms with Gasteiger partial charge in [-0.15, -0.1) is 0 Å². The number of fused-ring (bicyclic) bond motifs is 1. The number of rotatable bonds is 1. The first-order chi connectivity index (χ1) is 7.11. The van der Waals surface area contributed by atoms with E-state index in [1.165, 1.54) is 5.56 Å². The molecule has 0 bridgehead atoms. The van der Waals surface area contributed by atoms with Crippen LogP contribution in [0.5, 0.6) is 5.88 Å². The van der Waals surface area contributed by atoms with Gasteiger partial charge < -0.3 is 9.84 Å². The van der Waals surface area contributed by atoms with Gasteiger partial charge in [0.1, 0.15) is 0 Å². The van der Waals surface area contributed by atoms with Gasteiger partial charge >= 0.3 is 0 Å². The van der Waals surface area contributed by atoms with Crippen LogP contribution in [-0.2, 0) is 0 Å². The first kappa shape index (κ1) is 10.4. The third kappa shape index (κ3) is 1.72. The lowest BCUT2D eigenvalue weighted by molar-refractivity contribution is 0.111. The fourth-order valence-electron chi connectivity index (χ4n) is 2.11. The van der Waals surface area contributed by atoms with Crippen molar-refractivity contribution in [2.24, 2.45) is 0 Å². The molecule has 0 amide bonds. The first-order valence-corrected chi connectivity index (χ1v) is 5.41. The van der Waals surface area contributed by atoms with E-state index in [4.69, 9.17) is 4.74 Å². The summed E-state index contributed by atoms with van der Waals surface area (Å²) in [6.45, 7) is 6.86. The van der Waals surface area contributed by atoms with E-state index in [9.17, 15) is 5.11 Å². The molecule has 0 aliphatic carbocycles. The fraction of sp³-hybridized carbons (Fsp3) is 0.583. The summed E-state index contributed by atoms with van der Waals surface area (Å²) in [5.41, 5.74) is 3.20. The van der Waals surface area contributed by atoms with E-state index in [2.05, 4.69) is 18.8 Å². The van der Waals surface area contributed by atoms with Crippen molar-refractivity contribution < 1.29 is 9.84 Å². The molecule has 1 aromatic heterocycles. The molecule has 3 heteroatoms. The van der Waals surface area contributed by atoms with Gasteiger partial charge in [-0.2, -0.15) is 0 Å². The Balaban J connectivity index is 2.54. The van der Waals surface area contributed by atoms with E-state index in [1.54, 1.807) is 0 Å². The zero-order valence-electron chi connectivity index (χ0n) is 9.45. The number of aromatic nitrogens is 1. The van der Waals surface area contributed by atoms with Gasteiger partial charge in [0.05, 0.1) is 12.7 Å². The maximum atomic E-state index is 9.93. The summed E-state index contributed by atoms with van der Waals surface area (Å²) in [4.78, 5) is 4.27. The summed E-state index contributed by atoms with van der Waals surface area (Å²) in [6, 6.07) is 0. The molecule has 2 heterocycles. The second kappa shape index (κ2) is 3.81. The Hall–Kier alpha value is -1.09. The molecular weight excluding hydrogens is 190 g/mol. The number of ether oxygens (including phenoxy) is 1. The van der Waals surface area contributed by atoms with Crippen molar-refractivity contribution >= 4 is 0 Å². The summed E-state index contributed by atoms with van der Waals surface area (Å²) in [5.74, 6) is 1.03. The molecule has 1 atom stereocenters. The van der Waals surface area contributed by atoms with Crippen molar-refractivity contribution in [1.82, 2.24) is 4.98 Å². The zero-order valence-corrected chi connectivity index (χ0v) is 9.45. The number of nitrogens with zero attached hydrogens (tertiary/aromatic N) is 1. The van der Waals surface area contributed by atoms with E-state index in [0.717, 1.165) is 11.1 Å². The van der Waals surface area contributed by atoms with Crippen LogP contribution in [0.1, 0.15) is 49.0 Å². The highest BCUT2D eigenvalue weighted by Crippen LogP contribution is 2.35. The Bertz CT molecular complexity index is 374. The van der Waals surface area contributed by atoms with E-state index < -0.39 is 6.10 Å². The highest BCUT2D eigenvalue weighted by Gasteiger charge is 2.24. The van der Waals surface area contributed by atoms with E-state index in [0.29, 0.717) is 24.8 Å². The van der Waals surface area contributed by atoms with E-state index in [1.807, 2.05) is 13.1 Å². The predicted octanol–water partition coefficient (Wildman–Crippen LogP) is 2.33. The molecule has 3 nitrogen and oxygen atoms in total. The van der Waals surface area contributed by atoms with Gasteiger partial charge in [0, 0.05) is 18.2 Å². The molecular formula is C12H17NO2. The Labute approximate surface area is 90.1 Å². The average molecular weight is 207 g/mol. The molecule has 1 aliphatic heterocycles. The minimum Gasteiger partial charge on any atom is -0.477 e. The van der Waals surface area contributed by atoms with Gasteiger partial charge in [-0.1, -0.05) is 13.8 Å². The molecule has 1 N–H and O–H groups in total. The summed E-state index contributed by atoms with van der Waals surface area (Å²) < 4.78 is 5.44. The standard InChI is InChI=1S/C12H17NO2/c1-7(2)9-6-13-12-11(8(9)3)10(14)4-5-15-12/h6-7,10,14H,4-5H2,1-3H3. The smallest absolute Gasteiger partial charge is 0.219 e. The normalized spacial score (nSPS) is 19.9. The van der Waals surface area contributed by atoms with Crippen LogP contribution in [0.4, 0.5) is 0 Å². The predicted molar refractivity (Wildman–Crippen MR) is 58.1 cm³/mol. The number of pyridine rings is 1. The van der Waals surface area contributed by atoms with E-state index in [-0.39, 0.29) is 0 Å². The quantitative estimate of drug-likeness (QED) is 0.768. The SMILES string of the molecule is Cc1c(C(C)C)cnc2c1C(O)CCO2. The van der Waals surface area contributed by atoms with Gasteiger partial charge in [-0.25, -0.2) is 4.98 Å². The molecule has 0 fully saturated rings.